The third kappa shape index (κ3) is 7.03. The first-order valence-corrected chi connectivity index (χ1v) is 16.0. The number of carboxylic acids is 1. The van der Waals surface area contributed by atoms with Gasteiger partial charge in [-0.3, -0.25) is 14.4 Å². The van der Waals surface area contributed by atoms with Crippen molar-refractivity contribution in [2.45, 2.75) is 56.3 Å². The fraction of sp³-hybridized carbons (Fsp3) is 0.278. The highest BCUT2D eigenvalue weighted by Gasteiger charge is 2.38. The number of amides is 3. The largest absolute Gasteiger partial charge is 0.508 e. The van der Waals surface area contributed by atoms with Crippen molar-refractivity contribution in [2.24, 2.45) is 5.73 Å². The van der Waals surface area contributed by atoms with Crippen LogP contribution in [0.3, 0.4) is 0 Å². The van der Waals surface area contributed by atoms with Gasteiger partial charge in [-0.15, -0.1) is 0 Å². The lowest BCUT2D eigenvalue weighted by Gasteiger charge is -2.29. The zero-order chi connectivity index (χ0) is 33.8. The highest BCUT2D eigenvalue weighted by molar-refractivity contribution is 5.95. The Labute approximate surface area is 276 Å². The molecule has 4 atom stereocenters. The summed E-state index contributed by atoms with van der Waals surface area (Å²) < 4.78 is 0. The molecule has 0 saturated carbocycles. The van der Waals surface area contributed by atoms with E-state index in [0.717, 1.165) is 32.9 Å². The summed E-state index contributed by atoms with van der Waals surface area (Å²) in [6.45, 7) is 0.246. The van der Waals surface area contributed by atoms with Crippen LogP contribution in [-0.2, 0) is 38.4 Å². The Hall–Kier alpha value is -5.62. The molecule has 12 heteroatoms. The number of nitrogens with two attached hydrogens (primary N) is 1. The molecule has 1 aliphatic rings. The normalized spacial score (nSPS) is 16.4. The molecule has 0 radical (unpaired) electrons. The second-order valence-corrected chi connectivity index (χ2v) is 12.3. The van der Waals surface area contributed by atoms with Crippen molar-refractivity contribution in [1.29, 1.82) is 0 Å². The number of fused-ring (bicyclic) bond motifs is 2. The first-order valence-electron chi connectivity index (χ1n) is 16.0. The van der Waals surface area contributed by atoms with Crippen molar-refractivity contribution < 1.29 is 29.4 Å². The predicted molar refractivity (Wildman–Crippen MR) is 180 cm³/mol. The Morgan fingerprint density at radius 3 is 2.00 bits per heavy atom. The number of carbonyl (C=O) groups excluding carboxylic acids is 3. The maximum atomic E-state index is 14.1. The van der Waals surface area contributed by atoms with Gasteiger partial charge >= 0.3 is 5.97 Å². The number of phenols is 1. The Morgan fingerprint density at radius 1 is 0.792 bits per heavy atom. The lowest BCUT2D eigenvalue weighted by atomic mass is 10.0. The average molecular weight is 651 g/mol. The molecule has 3 aromatic carbocycles. The molecule has 12 nitrogen and oxygen atoms in total. The van der Waals surface area contributed by atoms with E-state index in [1.165, 1.54) is 17.0 Å². The third-order valence-electron chi connectivity index (χ3n) is 9.00. The number of aromatic nitrogens is 2. The molecule has 1 fully saturated rings. The number of carboxylic acid groups (broad SMARTS) is 1. The van der Waals surface area contributed by atoms with E-state index in [4.69, 9.17) is 5.73 Å². The van der Waals surface area contributed by atoms with E-state index in [2.05, 4.69) is 20.6 Å². The molecule has 0 spiro atoms. The number of hydrogen-bond donors (Lipinski definition) is 7. The van der Waals surface area contributed by atoms with Gasteiger partial charge in [-0.1, -0.05) is 48.5 Å². The van der Waals surface area contributed by atoms with Crippen molar-refractivity contribution in [2.75, 3.05) is 6.54 Å². The Bertz CT molecular complexity index is 1950. The summed E-state index contributed by atoms with van der Waals surface area (Å²) in [6, 6.07) is 17.3. The van der Waals surface area contributed by atoms with Gasteiger partial charge in [0.05, 0.1) is 6.04 Å². The van der Waals surface area contributed by atoms with Crippen LogP contribution in [0.15, 0.2) is 85.2 Å². The fourth-order valence-corrected chi connectivity index (χ4v) is 6.47. The maximum absolute atomic E-state index is 14.1. The van der Waals surface area contributed by atoms with Crippen molar-refractivity contribution in [1.82, 2.24) is 25.5 Å². The molecule has 8 N–H and O–H groups in total. The summed E-state index contributed by atoms with van der Waals surface area (Å²) in [5.41, 5.74) is 10.5. The molecule has 0 aliphatic carbocycles. The van der Waals surface area contributed by atoms with E-state index >= 15 is 0 Å². The summed E-state index contributed by atoms with van der Waals surface area (Å²) in [5.74, 6) is -2.75. The lowest BCUT2D eigenvalue weighted by Crippen LogP contribution is -2.58. The Balaban J connectivity index is 1.26. The molecule has 1 saturated heterocycles. The van der Waals surface area contributed by atoms with Gasteiger partial charge in [-0.25, -0.2) is 4.79 Å². The number of likely N-dealkylation sites (tertiary alicyclic amines) is 1. The van der Waals surface area contributed by atoms with Crippen molar-refractivity contribution >= 4 is 45.5 Å². The molecule has 0 bridgehead atoms. The monoisotopic (exact) mass is 650 g/mol. The first-order chi connectivity index (χ1) is 23.2. The van der Waals surface area contributed by atoms with Crippen LogP contribution in [0.25, 0.3) is 21.8 Å². The number of aliphatic carboxylic acids is 1. The number of H-pyrrole nitrogens is 2. The molecular weight excluding hydrogens is 612 g/mol. The van der Waals surface area contributed by atoms with E-state index < -0.39 is 47.9 Å². The smallest absolute Gasteiger partial charge is 0.326 e. The second kappa shape index (κ2) is 14.0. The van der Waals surface area contributed by atoms with Gasteiger partial charge in [0.25, 0.3) is 0 Å². The van der Waals surface area contributed by atoms with E-state index in [-0.39, 0.29) is 31.6 Å². The van der Waals surface area contributed by atoms with Crippen LogP contribution in [0.4, 0.5) is 0 Å². The van der Waals surface area contributed by atoms with Crippen LogP contribution in [0.1, 0.15) is 29.5 Å². The minimum absolute atomic E-state index is 0.0432. The van der Waals surface area contributed by atoms with Gasteiger partial charge in [0.2, 0.25) is 17.7 Å². The standard InChI is InChI=1S/C36H38N6O6/c37-27(17-22-19-38-28-8-3-1-6-25(22)28)33(44)40-30(18-23-20-39-29-9-4-2-7-26(23)29)34(45)41-31(16-21-11-13-24(43)14-12-21)35(46)42-15-5-10-32(42)36(47)48/h1-4,6-9,11-14,19-20,27,30-32,38-39,43H,5,10,15-18,37H2,(H,40,44)(H,41,45)(H,47,48). The van der Waals surface area contributed by atoms with Crippen LogP contribution in [0, 0.1) is 0 Å². The second-order valence-electron chi connectivity index (χ2n) is 12.3. The molecule has 4 unspecified atom stereocenters. The number of benzene rings is 3. The molecule has 48 heavy (non-hydrogen) atoms. The zero-order valence-corrected chi connectivity index (χ0v) is 26.2. The number of aromatic amines is 2. The van der Waals surface area contributed by atoms with Crippen molar-refractivity contribution in [3.8, 4) is 5.75 Å². The molecule has 1 aliphatic heterocycles. The molecule has 3 amide bonds. The number of phenolic OH excluding ortho intramolecular Hbond substituents is 1. The number of nitrogens with one attached hydrogen (secondary N) is 4. The van der Waals surface area contributed by atoms with Gasteiger partial charge in [-0.2, -0.15) is 0 Å². The van der Waals surface area contributed by atoms with E-state index in [1.54, 1.807) is 18.3 Å². The van der Waals surface area contributed by atoms with Gasteiger partial charge in [0.15, 0.2) is 0 Å². The summed E-state index contributed by atoms with van der Waals surface area (Å²) >= 11 is 0. The lowest BCUT2D eigenvalue weighted by molar-refractivity contribution is -0.149. The van der Waals surface area contributed by atoms with Crippen LogP contribution >= 0.6 is 0 Å². The molecule has 2 aromatic heterocycles. The van der Waals surface area contributed by atoms with E-state index in [1.807, 2.05) is 54.7 Å². The van der Waals surface area contributed by atoms with Crippen LogP contribution in [-0.4, -0.2) is 79.5 Å². The number of hydrogen-bond acceptors (Lipinski definition) is 6. The molecule has 3 heterocycles. The van der Waals surface area contributed by atoms with Crippen LogP contribution in [0.5, 0.6) is 5.75 Å². The predicted octanol–water partition coefficient (Wildman–Crippen LogP) is 2.76. The number of carbonyl (C=O) groups is 4. The Morgan fingerprint density at radius 2 is 1.38 bits per heavy atom. The van der Waals surface area contributed by atoms with Gasteiger partial charge in [0.1, 0.15) is 23.9 Å². The van der Waals surface area contributed by atoms with Crippen LogP contribution in [0.2, 0.25) is 0 Å². The summed E-state index contributed by atoms with van der Waals surface area (Å²) in [7, 11) is 0. The topological polar surface area (TPSA) is 194 Å². The Kier molecular flexibility index (Phi) is 9.44. The average Bonchev–Trinajstić information content (AvgIpc) is 3.84. The van der Waals surface area contributed by atoms with Gasteiger partial charge in [-0.05, 0) is 60.2 Å². The van der Waals surface area contributed by atoms with Crippen molar-refractivity contribution in [3.63, 3.8) is 0 Å². The fourth-order valence-electron chi connectivity index (χ4n) is 6.47. The molecule has 6 rings (SSSR count). The number of aromatic hydroxyl groups is 1. The van der Waals surface area contributed by atoms with E-state index in [9.17, 15) is 29.4 Å². The SMILES string of the molecule is NC(Cc1c[nH]c2ccccc12)C(=O)NC(Cc1c[nH]c2ccccc12)C(=O)NC(Cc1ccc(O)cc1)C(=O)N1CCCC1C(=O)O. The molecule has 248 valence electrons. The zero-order valence-electron chi connectivity index (χ0n) is 26.2. The van der Waals surface area contributed by atoms with Gasteiger partial charge < -0.3 is 41.4 Å². The van der Waals surface area contributed by atoms with Gasteiger partial charge in [0, 0.05) is 53.6 Å². The number of nitrogens with zero attached hydrogens (tertiary/aromatic N) is 1. The number of rotatable bonds is 12. The number of para-hydroxylation sites is 2. The maximum Gasteiger partial charge on any atom is 0.326 e. The quantitative estimate of drug-likeness (QED) is 0.108. The highest BCUT2D eigenvalue weighted by atomic mass is 16.4. The summed E-state index contributed by atoms with van der Waals surface area (Å²) in [6.07, 6.45) is 4.81. The highest BCUT2D eigenvalue weighted by Crippen LogP contribution is 2.23. The minimum Gasteiger partial charge on any atom is -0.508 e. The third-order valence-corrected chi connectivity index (χ3v) is 9.00. The van der Waals surface area contributed by atoms with Crippen molar-refractivity contribution in [3.05, 3.63) is 102 Å². The summed E-state index contributed by atoms with van der Waals surface area (Å²) in [4.78, 5) is 61.2. The summed E-state index contributed by atoms with van der Waals surface area (Å²) in [5, 5.41) is 27.0. The molecule has 5 aromatic rings. The van der Waals surface area contributed by atoms with Crippen LogP contribution < -0.4 is 16.4 Å². The molecular formula is C36H38N6O6. The minimum atomic E-state index is -1.13. The first kappa shape index (κ1) is 32.3. The van der Waals surface area contributed by atoms with E-state index in [0.29, 0.717) is 18.4 Å².